The fourth-order valence-corrected chi connectivity index (χ4v) is 8.04. The third-order valence-electron chi connectivity index (χ3n) is 9.43. The van der Waals surface area contributed by atoms with Crippen LogP contribution in [0.5, 0.6) is 0 Å². The van der Waals surface area contributed by atoms with Crippen molar-refractivity contribution in [3.8, 4) is 0 Å². The van der Waals surface area contributed by atoms with Crippen LogP contribution in [0.2, 0.25) is 0 Å². The number of nitrogens with one attached hydrogen (secondary N) is 1. The second kappa shape index (κ2) is 7.82. The number of aliphatic hydroxyl groups excluding tert-OH is 1. The summed E-state index contributed by atoms with van der Waals surface area (Å²) in [6, 6.07) is 3.69. The first-order chi connectivity index (χ1) is 15.2. The van der Waals surface area contributed by atoms with Crippen molar-refractivity contribution in [1.29, 1.82) is 0 Å². The lowest BCUT2D eigenvalue weighted by Crippen LogP contribution is -2.62. The van der Waals surface area contributed by atoms with Crippen LogP contribution >= 0.6 is 11.6 Å². The highest BCUT2D eigenvalue weighted by Gasteiger charge is 2.66. The number of hydrogen-bond acceptors (Lipinski definition) is 4. The fourth-order valence-electron chi connectivity index (χ4n) is 7.52. The van der Waals surface area contributed by atoms with E-state index in [1.165, 1.54) is 0 Å². The van der Waals surface area contributed by atoms with Crippen molar-refractivity contribution in [3.05, 3.63) is 35.7 Å². The Morgan fingerprint density at radius 3 is 2.81 bits per heavy atom. The molecule has 3 saturated carbocycles. The summed E-state index contributed by atoms with van der Waals surface area (Å²) >= 11 is 7.33. The number of anilines is 1. The Labute approximate surface area is 195 Å². The zero-order valence-corrected chi connectivity index (χ0v) is 19.9. The molecule has 6 unspecified atom stereocenters. The summed E-state index contributed by atoms with van der Waals surface area (Å²) in [6.07, 6.45) is 10.7. The molecule has 4 aliphatic rings. The number of nitrogens with zero attached hydrogens (tertiary/aromatic N) is 1. The summed E-state index contributed by atoms with van der Waals surface area (Å²) in [5, 5.41) is 25.5. The first-order valence-electron chi connectivity index (χ1n) is 12.2. The van der Waals surface area contributed by atoms with Gasteiger partial charge in [-0.1, -0.05) is 13.0 Å². The molecule has 0 radical (unpaired) electrons. The van der Waals surface area contributed by atoms with Gasteiger partial charge in [-0.25, -0.2) is 0 Å². The van der Waals surface area contributed by atoms with Crippen LogP contribution in [0.1, 0.15) is 70.4 Å². The number of aliphatic hydroxyl groups is 2. The number of rotatable bonds is 2. The molecule has 32 heavy (non-hydrogen) atoms. The van der Waals surface area contributed by atoms with Gasteiger partial charge in [-0.15, -0.1) is 11.6 Å². The van der Waals surface area contributed by atoms with E-state index in [9.17, 15) is 15.0 Å². The molecule has 7 atom stereocenters. The molecule has 3 fully saturated rings. The molecule has 4 aliphatic carbocycles. The number of allylic oxidation sites excluding steroid dienone is 1. The van der Waals surface area contributed by atoms with E-state index in [1.807, 2.05) is 25.1 Å². The van der Waals surface area contributed by atoms with E-state index in [1.54, 1.807) is 6.20 Å². The van der Waals surface area contributed by atoms with Gasteiger partial charge in [0.2, 0.25) is 0 Å². The predicted molar refractivity (Wildman–Crippen MR) is 125 cm³/mol. The van der Waals surface area contributed by atoms with Gasteiger partial charge in [0.1, 0.15) is 0 Å². The Kier molecular flexibility index (Phi) is 5.46. The zero-order valence-electron chi connectivity index (χ0n) is 19.1. The third kappa shape index (κ3) is 3.35. The van der Waals surface area contributed by atoms with Gasteiger partial charge < -0.3 is 15.5 Å². The van der Waals surface area contributed by atoms with Gasteiger partial charge in [-0.05, 0) is 88.7 Å². The van der Waals surface area contributed by atoms with Gasteiger partial charge in [-0.3, -0.25) is 9.78 Å². The van der Waals surface area contributed by atoms with E-state index in [4.69, 9.17) is 11.6 Å². The van der Waals surface area contributed by atoms with Crippen molar-refractivity contribution >= 4 is 23.2 Å². The van der Waals surface area contributed by atoms with Gasteiger partial charge in [0.15, 0.2) is 0 Å². The molecule has 174 valence electrons. The van der Waals surface area contributed by atoms with Crippen molar-refractivity contribution in [2.45, 2.75) is 88.2 Å². The molecule has 1 amide bonds. The lowest BCUT2D eigenvalue weighted by molar-refractivity contribution is -0.129. The highest BCUT2D eigenvalue weighted by molar-refractivity contribution is 6.25. The number of carbonyl (C=O) groups excluding carboxylic acids is 1. The lowest BCUT2D eigenvalue weighted by Gasteiger charge is -2.57. The maximum Gasteiger partial charge on any atom is 0.251 e. The van der Waals surface area contributed by atoms with Crippen LogP contribution in [-0.4, -0.2) is 37.7 Å². The maximum atomic E-state index is 13.3. The van der Waals surface area contributed by atoms with Crippen molar-refractivity contribution in [2.75, 3.05) is 5.32 Å². The summed E-state index contributed by atoms with van der Waals surface area (Å²) in [4.78, 5) is 16.9. The van der Waals surface area contributed by atoms with Gasteiger partial charge in [0.25, 0.3) is 5.91 Å². The molecule has 3 N–H and O–H groups in total. The molecular weight excluding hydrogens is 424 g/mol. The molecule has 0 bridgehead atoms. The Morgan fingerprint density at radius 1 is 1.22 bits per heavy atom. The standard InChI is InChI=1S/C26H35ClN2O3/c1-16-21(4-3-13-28-16)29-23(31)20-7-8-22-24(20,2)11-12-25(27)15-18-14-19(30)6-5-17(18)9-10-26(22,25)32/h3-4,7,13,17-19,22,30,32H,5-6,8-12,14-15H2,1-2H3,(H,29,31)/t17?,18?,19?,22?,24?,25?,26-/m0/s1. The minimum absolute atomic E-state index is 0.0675. The maximum absolute atomic E-state index is 13.3. The van der Waals surface area contributed by atoms with Crippen LogP contribution in [0.3, 0.4) is 0 Å². The predicted octanol–water partition coefficient (Wildman–Crippen LogP) is 4.74. The Morgan fingerprint density at radius 2 is 2.03 bits per heavy atom. The van der Waals surface area contributed by atoms with Crippen LogP contribution in [-0.2, 0) is 4.79 Å². The number of halogens is 1. The molecule has 5 rings (SSSR count). The number of carbonyl (C=O) groups is 1. The first-order valence-corrected chi connectivity index (χ1v) is 12.6. The minimum atomic E-state index is -1.01. The molecule has 5 nitrogen and oxygen atoms in total. The molecule has 0 aromatic carbocycles. The topological polar surface area (TPSA) is 82.5 Å². The number of aryl methyl sites for hydroxylation is 1. The highest BCUT2D eigenvalue weighted by Crippen LogP contribution is 2.65. The first kappa shape index (κ1) is 22.4. The average molecular weight is 459 g/mol. The molecule has 1 heterocycles. The van der Waals surface area contributed by atoms with E-state index >= 15 is 0 Å². The highest BCUT2D eigenvalue weighted by atomic mass is 35.5. The van der Waals surface area contributed by atoms with Crippen LogP contribution in [0.4, 0.5) is 5.69 Å². The van der Waals surface area contributed by atoms with Crippen molar-refractivity contribution in [2.24, 2.45) is 23.2 Å². The van der Waals surface area contributed by atoms with E-state index in [-0.39, 0.29) is 17.9 Å². The van der Waals surface area contributed by atoms with Crippen LogP contribution in [0.25, 0.3) is 0 Å². The van der Waals surface area contributed by atoms with Crippen LogP contribution in [0, 0.1) is 30.1 Å². The van der Waals surface area contributed by atoms with Crippen molar-refractivity contribution < 1.29 is 15.0 Å². The lowest BCUT2D eigenvalue weighted by atomic mass is 9.54. The average Bonchev–Trinajstić information content (AvgIpc) is 3.05. The quantitative estimate of drug-likeness (QED) is 0.559. The summed E-state index contributed by atoms with van der Waals surface area (Å²) in [5.41, 5.74) is 0.880. The summed E-state index contributed by atoms with van der Waals surface area (Å²) in [6.45, 7) is 4.03. The second-order valence-corrected chi connectivity index (χ2v) is 11.8. The van der Waals surface area contributed by atoms with Crippen LogP contribution in [0.15, 0.2) is 30.0 Å². The Bertz CT molecular complexity index is 951. The molecule has 6 heteroatoms. The summed E-state index contributed by atoms with van der Waals surface area (Å²) in [7, 11) is 0. The Balaban J connectivity index is 1.41. The van der Waals surface area contributed by atoms with E-state index < -0.39 is 15.9 Å². The number of amides is 1. The largest absolute Gasteiger partial charge is 0.393 e. The molecule has 1 aromatic heterocycles. The fraction of sp³-hybridized carbons (Fsp3) is 0.692. The van der Waals surface area contributed by atoms with E-state index in [0.717, 1.165) is 55.5 Å². The summed E-state index contributed by atoms with van der Waals surface area (Å²) < 4.78 is 0. The van der Waals surface area contributed by atoms with E-state index in [2.05, 4.69) is 17.2 Å². The molecule has 0 aliphatic heterocycles. The second-order valence-electron chi connectivity index (χ2n) is 11.0. The number of hydrogen-bond donors (Lipinski definition) is 3. The van der Waals surface area contributed by atoms with Gasteiger partial charge in [-0.2, -0.15) is 0 Å². The van der Waals surface area contributed by atoms with Gasteiger partial charge >= 0.3 is 0 Å². The van der Waals surface area contributed by atoms with Crippen molar-refractivity contribution in [3.63, 3.8) is 0 Å². The molecule has 1 aromatic rings. The smallest absolute Gasteiger partial charge is 0.251 e. The summed E-state index contributed by atoms with van der Waals surface area (Å²) in [5.74, 6) is 0.741. The number of fused-ring (bicyclic) bond motifs is 4. The van der Waals surface area contributed by atoms with E-state index in [0.29, 0.717) is 31.1 Å². The normalized spacial score (nSPS) is 43.3. The monoisotopic (exact) mass is 458 g/mol. The third-order valence-corrected chi connectivity index (χ3v) is 10.1. The van der Waals surface area contributed by atoms with Crippen LogP contribution < -0.4 is 5.32 Å². The SMILES string of the molecule is Cc1ncccc1NC(=O)C1=CCC2C1(C)CCC1(Cl)CC3CC(O)CCC3CC[C@]21O. The molecule has 0 saturated heterocycles. The number of aromatic nitrogens is 1. The number of pyridine rings is 1. The molecular formula is C26H35ClN2O3. The minimum Gasteiger partial charge on any atom is -0.393 e. The number of alkyl halides is 1. The van der Waals surface area contributed by atoms with Gasteiger partial charge in [0, 0.05) is 23.1 Å². The molecule has 0 spiro atoms. The van der Waals surface area contributed by atoms with Gasteiger partial charge in [0.05, 0.1) is 28.0 Å². The Hall–Kier alpha value is -1.43. The van der Waals surface area contributed by atoms with Crippen molar-refractivity contribution in [1.82, 2.24) is 4.98 Å². The zero-order chi connectivity index (χ0) is 22.7.